The number of nitrogens with zero attached hydrogens (tertiary/aromatic N) is 2. The maximum atomic E-state index is 4.31. The summed E-state index contributed by atoms with van der Waals surface area (Å²) in [6, 6.07) is 0. The molecule has 0 amide bonds. The average molecular weight is 239 g/mol. The fraction of sp³-hybridized carbons (Fsp3) is 0.667. The van der Waals surface area contributed by atoms with Gasteiger partial charge in [0, 0.05) is 30.0 Å². The van der Waals surface area contributed by atoms with E-state index in [2.05, 4.69) is 43.0 Å². The maximum Gasteiger partial charge on any atom is 0.187 e. The lowest BCUT2D eigenvalue weighted by Gasteiger charge is -2.24. The number of nitrogens with one attached hydrogen (secondary N) is 1. The molecule has 1 N–H and O–H groups in total. The summed E-state index contributed by atoms with van der Waals surface area (Å²) >= 11 is 1.67. The third-order valence-corrected chi connectivity index (χ3v) is 3.37. The van der Waals surface area contributed by atoms with Crippen LogP contribution >= 0.6 is 11.8 Å². The second-order valence-corrected chi connectivity index (χ2v) is 5.63. The van der Waals surface area contributed by atoms with Crippen LogP contribution in [0.1, 0.15) is 39.7 Å². The maximum absolute atomic E-state index is 4.31. The van der Waals surface area contributed by atoms with Gasteiger partial charge in [-0.25, -0.2) is 9.97 Å². The molecule has 4 heteroatoms. The van der Waals surface area contributed by atoms with Crippen molar-refractivity contribution >= 4 is 11.8 Å². The lowest BCUT2D eigenvalue weighted by Crippen LogP contribution is -2.37. The molecule has 0 aromatic carbocycles. The van der Waals surface area contributed by atoms with Crippen LogP contribution in [0.15, 0.2) is 17.6 Å². The highest BCUT2D eigenvalue weighted by atomic mass is 32.2. The Hall–Kier alpha value is -0.610. The van der Waals surface area contributed by atoms with Crippen LogP contribution in [0.5, 0.6) is 0 Å². The Bertz CT molecular complexity index is 309. The number of hydrogen-bond donors (Lipinski definition) is 1. The predicted octanol–water partition coefficient (Wildman–Crippen LogP) is 2.87. The van der Waals surface area contributed by atoms with Gasteiger partial charge in [0.2, 0.25) is 0 Å². The van der Waals surface area contributed by atoms with Crippen LogP contribution in [-0.4, -0.2) is 21.3 Å². The third-order valence-electron chi connectivity index (χ3n) is 2.61. The van der Waals surface area contributed by atoms with Crippen molar-refractivity contribution < 1.29 is 0 Å². The Morgan fingerprint density at radius 2 is 1.88 bits per heavy atom. The molecule has 0 saturated heterocycles. The molecule has 1 aromatic rings. The van der Waals surface area contributed by atoms with Crippen LogP contribution in [0.2, 0.25) is 0 Å². The van der Waals surface area contributed by atoms with E-state index in [0.717, 1.165) is 29.4 Å². The fourth-order valence-corrected chi connectivity index (χ4v) is 1.62. The highest BCUT2D eigenvalue weighted by Gasteiger charge is 2.13. The van der Waals surface area contributed by atoms with Crippen molar-refractivity contribution in [2.75, 3.05) is 5.75 Å². The molecule has 0 unspecified atom stereocenters. The van der Waals surface area contributed by atoms with Crippen molar-refractivity contribution in [3.05, 3.63) is 18.0 Å². The first-order chi connectivity index (χ1) is 7.57. The van der Waals surface area contributed by atoms with Crippen LogP contribution < -0.4 is 5.32 Å². The molecule has 0 bridgehead atoms. The van der Waals surface area contributed by atoms with Gasteiger partial charge in [-0.2, -0.15) is 0 Å². The van der Waals surface area contributed by atoms with Gasteiger partial charge in [0.25, 0.3) is 0 Å². The summed E-state index contributed by atoms with van der Waals surface area (Å²) in [5.41, 5.74) is 1.32. The SMILES string of the molecule is CCSc1ncc(CNC(C)(C)CC)cn1. The second kappa shape index (κ2) is 6.21. The van der Waals surface area contributed by atoms with Crippen molar-refractivity contribution in [3.63, 3.8) is 0 Å². The van der Waals surface area contributed by atoms with Crippen molar-refractivity contribution in [1.82, 2.24) is 15.3 Å². The van der Waals surface area contributed by atoms with Gasteiger partial charge in [-0.15, -0.1) is 0 Å². The largest absolute Gasteiger partial charge is 0.308 e. The van der Waals surface area contributed by atoms with Crippen molar-refractivity contribution in [1.29, 1.82) is 0 Å². The molecule has 0 radical (unpaired) electrons. The molecule has 1 aromatic heterocycles. The number of thioether (sulfide) groups is 1. The minimum Gasteiger partial charge on any atom is -0.308 e. The monoisotopic (exact) mass is 239 g/mol. The molecule has 16 heavy (non-hydrogen) atoms. The van der Waals surface area contributed by atoms with Crippen molar-refractivity contribution in [2.24, 2.45) is 0 Å². The van der Waals surface area contributed by atoms with Gasteiger partial charge in [-0.1, -0.05) is 25.6 Å². The van der Waals surface area contributed by atoms with Crippen LogP contribution in [-0.2, 0) is 6.54 Å². The van der Waals surface area contributed by atoms with Crippen LogP contribution in [0, 0.1) is 0 Å². The quantitative estimate of drug-likeness (QED) is 0.612. The fourth-order valence-electron chi connectivity index (χ4n) is 1.10. The zero-order valence-electron chi connectivity index (χ0n) is 10.6. The van der Waals surface area contributed by atoms with Gasteiger partial charge in [-0.3, -0.25) is 0 Å². The van der Waals surface area contributed by atoms with E-state index < -0.39 is 0 Å². The van der Waals surface area contributed by atoms with Gasteiger partial charge >= 0.3 is 0 Å². The standard InChI is InChI=1S/C12H21N3S/c1-5-12(3,4)15-9-10-7-13-11(14-8-10)16-6-2/h7-8,15H,5-6,9H2,1-4H3. The summed E-state index contributed by atoms with van der Waals surface area (Å²) in [5, 5.41) is 4.35. The minimum atomic E-state index is 0.177. The summed E-state index contributed by atoms with van der Waals surface area (Å²) in [4.78, 5) is 8.61. The molecule has 0 atom stereocenters. The number of hydrogen-bond acceptors (Lipinski definition) is 4. The van der Waals surface area contributed by atoms with E-state index in [9.17, 15) is 0 Å². The minimum absolute atomic E-state index is 0.177. The lowest BCUT2D eigenvalue weighted by molar-refractivity contribution is 0.374. The van der Waals surface area contributed by atoms with Crippen LogP contribution in [0.3, 0.4) is 0 Å². The van der Waals surface area contributed by atoms with Gasteiger partial charge in [0.05, 0.1) is 0 Å². The second-order valence-electron chi connectivity index (χ2n) is 4.40. The zero-order valence-corrected chi connectivity index (χ0v) is 11.4. The molecule has 0 saturated carbocycles. The normalized spacial score (nSPS) is 11.8. The van der Waals surface area contributed by atoms with E-state index in [-0.39, 0.29) is 5.54 Å². The van der Waals surface area contributed by atoms with Gasteiger partial charge in [0.15, 0.2) is 5.16 Å². The predicted molar refractivity (Wildman–Crippen MR) is 69.6 cm³/mol. The molecule has 0 aliphatic rings. The Balaban J connectivity index is 2.49. The summed E-state index contributed by atoms with van der Waals surface area (Å²) < 4.78 is 0. The Morgan fingerprint density at radius 1 is 1.25 bits per heavy atom. The molecular weight excluding hydrogens is 218 g/mol. The molecule has 0 fully saturated rings. The number of aromatic nitrogens is 2. The molecule has 0 aliphatic heterocycles. The van der Waals surface area contributed by atoms with Gasteiger partial charge < -0.3 is 5.32 Å². The first-order valence-electron chi connectivity index (χ1n) is 5.76. The van der Waals surface area contributed by atoms with E-state index in [4.69, 9.17) is 0 Å². The van der Waals surface area contributed by atoms with Crippen molar-refractivity contribution in [3.8, 4) is 0 Å². The van der Waals surface area contributed by atoms with E-state index in [1.807, 2.05) is 12.4 Å². The summed E-state index contributed by atoms with van der Waals surface area (Å²) in [7, 11) is 0. The summed E-state index contributed by atoms with van der Waals surface area (Å²) in [6.07, 6.45) is 4.92. The molecule has 1 heterocycles. The highest BCUT2D eigenvalue weighted by Crippen LogP contribution is 2.12. The Labute approximate surface area is 102 Å². The summed E-state index contributed by atoms with van der Waals surface area (Å²) in [6.45, 7) is 9.53. The Morgan fingerprint density at radius 3 is 2.38 bits per heavy atom. The summed E-state index contributed by atoms with van der Waals surface area (Å²) in [5.74, 6) is 1.01. The van der Waals surface area contributed by atoms with Crippen LogP contribution in [0.4, 0.5) is 0 Å². The highest BCUT2D eigenvalue weighted by molar-refractivity contribution is 7.99. The van der Waals surface area contributed by atoms with E-state index in [1.165, 1.54) is 0 Å². The molecular formula is C12H21N3S. The van der Waals surface area contributed by atoms with E-state index in [0.29, 0.717) is 0 Å². The first kappa shape index (κ1) is 13.5. The number of rotatable bonds is 6. The third kappa shape index (κ3) is 4.49. The molecule has 3 nitrogen and oxygen atoms in total. The van der Waals surface area contributed by atoms with Crippen LogP contribution in [0.25, 0.3) is 0 Å². The lowest BCUT2D eigenvalue weighted by atomic mass is 10.0. The molecule has 0 aliphatic carbocycles. The van der Waals surface area contributed by atoms with Gasteiger partial charge in [-0.05, 0) is 26.0 Å². The first-order valence-corrected chi connectivity index (χ1v) is 6.74. The Kier molecular flexibility index (Phi) is 5.22. The molecule has 1 rings (SSSR count). The van der Waals surface area contributed by atoms with Gasteiger partial charge in [0.1, 0.15) is 0 Å². The molecule has 90 valence electrons. The molecule has 0 spiro atoms. The van der Waals surface area contributed by atoms with E-state index in [1.54, 1.807) is 11.8 Å². The van der Waals surface area contributed by atoms with Crippen molar-refractivity contribution in [2.45, 2.75) is 51.4 Å². The topological polar surface area (TPSA) is 37.8 Å². The smallest absolute Gasteiger partial charge is 0.187 e. The van der Waals surface area contributed by atoms with E-state index >= 15 is 0 Å². The zero-order chi connectivity index (χ0) is 12.0. The average Bonchev–Trinajstić information content (AvgIpc) is 2.29.